The van der Waals surface area contributed by atoms with E-state index in [9.17, 15) is 4.79 Å². The first-order valence-corrected chi connectivity index (χ1v) is 10.2. The highest BCUT2D eigenvalue weighted by atomic mass is 16.3. The predicted molar refractivity (Wildman–Crippen MR) is 110 cm³/mol. The van der Waals surface area contributed by atoms with Crippen LogP contribution in [0.3, 0.4) is 0 Å². The van der Waals surface area contributed by atoms with Crippen LogP contribution in [0.4, 0.5) is 0 Å². The molecule has 2 aliphatic heterocycles. The van der Waals surface area contributed by atoms with Gasteiger partial charge in [-0.05, 0) is 49.2 Å². The molecule has 1 fully saturated rings. The zero-order valence-corrected chi connectivity index (χ0v) is 16.4. The molecule has 1 amide bonds. The molecule has 3 aromatic rings. The van der Waals surface area contributed by atoms with E-state index in [1.807, 2.05) is 23.1 Å². The fourth-order valence-electron chi connectivity index (χ4n) is 5.01. The van der Waals surface area contributed by atoms with Gasteiger partial charge in [0, 0.05) is 30.8 Å². The number of fused-ring (bicyclic) bond motifs is 3. The second kappa shape index (κ2) is 6.78. The summed E-state index contributed by atoms with van der Waals surface area (Å²) in [5.41, 5.74) is 3.82. The molecule has 0 N–H and O–H groups in total. The second-order valence-electron chi connectivity index (χ2n) is 8.34. The van der Waals surface area contributed by atoms with E-state index >= 15 is 0 Å². The van der Waals surface area contributed by atoms with Crippen molar-refractivity contribution in [2.24, 2.45) is 0 Å². The summed E-state index contributed by atoms with van der Waals surface area (Å²) in [6.07, 6.45) is 2.15. The van der Waals surface area contributed by atoms with Gasteiger partial charge in [0.05, 0.1) is 6.54 Å². The number of carbonyl (C=O) groups is 1. The van der Waals surface area contributed by atoms with Crippen molar-refractivity contribution in [3.63, 3.8) is 0 Å². The third-order valence-electron chi connectivity index (χ3n) is 6.56. The minimum atomic E-state index is 0.0882. The Morgan fingerprint density at radius 1 is 1.07 bits per heavy atom. The number of carbonyl (C=O) groups excluding carboxylic acids is 1. The maximum atomic E-state index is 12.1. The average molecular weight is 374 g/mol. The molecule has 1 aromatic heterocycles. The lowest BCUT2D eigenvalue weighted by Crippen LogP contribution is -2.52. The molecule has 28 heavy (non-hydrogen) atoms. The van der Waals surface area contributed by atoms with Gasteiger partial charge >= 0.3 is 0 Å². The molecule has 0 saturated carbocycles. The summed E-state index contributed by atoms with van der Waals surface area (Å²) < 4.78 is 6.02. The molecule has 2 aromatic carbocycles. The molecular weight excluding hydrogens is 348 g/mol. The molecule has 5 rings (SSSR count). The molecule has 0 aliphatic carbocycles. The number of rotatable bonds is 2. The largest absolute Gasteiger partial charge is 0.460 e. The molecule has 144 valence electrons. The third-order valence-corrected chi connectivity index (χ3v) is 6.56. The van der Waals surface area contributed by atoms with E-state index in [0.29, 0.717) is 0 Å². The summed E-state index contributed by atoms with van der Waals surface area (Å²) in [5, 5.41) is 1.17. The number of likely N-dealkylation sites (tertiary alicyclic amines) is 1. The van der Waals surface area contributed by atoms with Gasteiger partial charge in [-0.2, -0.15) is 0 Å². The molecule has 1 saturated heterocycles. The van der Waals surface area contributed by atoms with E-state index in [-0.39, 0.29) is 11.3 Å². The van der Waals surface area contributed by atoms with E-state index in [1.54, 1.807) is 6.92 Å². The molecule has 1 spiro atoms. The first kappa shape index (κ1) is 17.5. The van der Waals surface area contributed by atoms with Gasteiger partial charge in [-0.3, -0.25) is 9.69 Å². The molecule has 0 radical (unpaired) electrons. The van der Waals surface area contributed by atoms with Crippen molar-refractivity contribution >= 4 is 16.9 Å². The quantitative estimate of drug-likeness (QED) is 0.670. The molecular formula is C24H26N2O2. The number of amides is 1. The fraction of sp³-hybridized carbons (Fsp3) is 0.375. The Morgan fingerprint density at radius 3 is 2.61 bits per heavy atom. The predicted octanol–water partition coefficient (Wildman–Crippen LogP) is 4.33. The number of hydrogen-bond donors (Lipinski definition) is 0. The molecule has 0 bridgehead atoms. The van der Waals surface area contributed by atoms with Crippen molar-refractivity contribution in [3.8, 4) is 0 Å². The molecule has 0 atom stereocenters. The van der Waals surface area contributed by atoms with Crippen LogP contribution in [0, 0.1) is 0 Å². The summed E-state index contributed by atoms with van der Waals surface area (Å²) in [6.45, 7) is 6.18. The monoisotopic (exact) mass is 374 g/mol. The Hall–Kier alpha value is -2.59. The van der Waals surface area contributed by atoms with Gasteiger partial charge in [-0.25, -0.2) is 0 Å². The summed E-state index contributed by atoms with van der Waals surface area (Å²) in [4.78, 5) is 16.6. The van der Waals surface area contributed by atoms with Crippen LogP contribution in [0.1, 0.15) is 36.7 Å². The van der Waals surface area contributed by atoms with Crippen LogP contribution in [-0.4, -0.2) is 35.3 Å². The Balaban J connectivity index is 1.34. The van der Waals surface area contributed by atoms with Crippen LogP contribution in [0.2, 0.25) is 0 Å². The smallest absolute Gasteiger partial charge is 0.219 e. The standard InChI is InChI=1S/C24H26N2O2/c1-18(27)26-15-20-7-2-4-8-22(20)24(17-26)10-12-25(13-11-24)16-21-14-19-6-3-5-9-23(19)28-21/h2-9,14H,10-13,15-17H2,1H3. The fourth-order valence-corrected chi connectivity index (χ4v) is 5.01. The Kier molecular flexibility index (Phi) is 4.24. The topological polar surface area (TPSA) is 36.7 Å². The van der Waals surface area contributed by atoms with Gasteiger partial charge < -0.3 is 9.32 Å². The lowest BCUT2D eigenvalue weighted by molar-refractivity contribution is -0.131. The van der Waals surface area contributed by atoms with Gasteiger partial charge in [0.2, 0.25) is 5.91 Å². The van der Waals surface area contributed by atoms with E-state index in [0.717, 1.165) is 56.9 Å². The van der Waals surface area contributed by atoms with Crippen LogP contribution in [0.5, 0.6) is 0 Å². The number of furan rings is 1. The van der Waals surface area contributed by atoms with Crippen LogP contribution in [0.25, 0.3) is 11.0 Å². The number of nitrogens with zero attached hydrogens (tertiary/aromatic N) is 2. The minimum Gasteiger partial charge on any atom is -0.460 e. The molecule has 4 nitrogen and oxygen atoms in total. The van der Waals surface area contributed by atoms with Crippen molar-refractivity contribution in [1.29, 1.82) is 0 Å². The third kappa shape index (κ3) is 3.02. The highest BCUT2D eigenvalue weighted by Gasteiger charge is 2.42. The van der Waals surface area contributed by atoms with Gasteiger partial charge in [0.1, 0.15) is 11.3 Å². The summed E-state index contributed by atoms with van der Waals surface area (Å²) in [6, 6.07) is 19.1. The number of piperidine rings is 1. The summed E-state index contributed by atoms with van der Waals surface area (Å²) in [7, 11) is 0. The van der Waals surface area contributed by atoms with Crippen LogP contribution < -0.4 is 0 Å². The first-order chi connectivity index (χ1) is 13.6. The number of benzene rings is 2. The van der Waals surface area contributed by atoms with E-state index in [4.69, 9.17) is 4.42 Å². The Labute approximate surface area is 165 Å². The molecule has 3 heterocycles. The van der Waals surface area contributed by atoms with E-state index < -0.39 is 0 Å². The SMILES string of the molecule is CC(=O)N1Cc2ccccc2C2(CCN(Cc3cc4ccccc4o3)CC2)C1. The first-order valence-electron chi connectivity index (χ1n) is 10.2. The summed E-state index contributed by atoms with van der Waals surface area (Å²) in [5.74, 6) is 1.21. The zero-order valence-electron chi connectivity index (χ0n) is 16.4. The maximum absolute atomic E-state index is 12.1. The normalized spacial score (nSPS) is 19.1. The highest BCUT2D eigenvalue weighted by Crippen LogP contribution is 2.42. The minimum absolute atomic E-state index is 0.0882. The van der Waals surface area contributed by atoms with Crippen LogP contribution in [0.15, 0.2) is 59.0 Å². The number of hydrogen-bond acceptors (Lipinski definition) is 3. The van der Waals surface area contributed by atoms with Crippen molar-refractivity contribution in [3.05, 3.63) is 71.5 Å². The van der Waals surface area contributed by atoms with Crippen molar-refractivity contribution in [1.82, 2.24) is 9.80 Å². The second-order valence-corrected chi connectivity index (χ2v) is 8.34. The van der Waals surface area contributed by atoms with Crippen molar-refractivity contribution in [2.75, 3.05) is 19.6 Å². The average Bonchev–Trinajstić information content (AvgIpc) is 3.12. The molecule has 2 aliphatic rings. The summed E-state index contributed by atoms with van der Waals surface area (Å²) >= 11 is 0. The highest BCUT2D eigenvalue weighted by molar-refractivity contribution is 5.77. The van der Waals surface area contributed by atoms with Gasteiger partial charge in [0.25, 0.3) is 0 Å². The van der Waals surface area contributed by atoms with Gasteiger partial charge in [-0.1, -0.05) is 42.5 Å². The van der Waals surface area contributed by atoms with E-state index in [2.05, 4.69) is 41.3 Å². The van der Waals surface area contributed by atoms with Crippen LogP contribution in [-0.2, 0) is 23.3 Å². The molecule has 0 unspecified atom stereocenters. The van der Waals surface area contributed by atoms with Gasteiger partial charge in [-0.15, -0.1) is 0 Å². The molecule has 4 heteroatoms. The Morgan fingerprint density at radius 2 is 1.82 bits per heavy atom. The Bertz CT molecular complexity index is 981. The van der Waals surface area contributed by atoms with Gasteiger partial charge in [0.15, 0.2) is 0 Å². The van der Waals surface area contributed by atoms with E-state index in [1.165, 1.54) is 16.5 Å². The number of para-hydroxylation sites is 1. The maximum Gasteiger partial charge on any atom is 0.219 e. The van der Waals surface area contributed by atoms with Crippen LogP contribution >= 0.6 is 0 Å². The van der Waals surface area contributed by atoms with Crippen molar-refractivity contribution < 1.29 is 9.21 Å². The lowest BCUT2D eigenvalue weighted by atomic mass is 9.69. The zero-order chi connectivity index (χ0) is 19.1. The lowest BCUT2D eigenvalue weighted by Gasteiger charge is -2.48. The van der Waals surface area contributed by atoms with Crippen molar-refractivity contribution in [2.45, 2.75) is 38.3 Å².